The molecule has 4 aromatic rings. The van der Waals surface area contributed by atoms with Crippen LogP contribution in [0.25, 0.3) is 11.0 Å². The fourth-order valence-electron chi connectivity index (χ4n) is 3.59. The van der Waals surface area contributed by atoms with Crippen LogP contribution < -0.4 is 16.2 Å². The van der Waals surface area contributed by atoms with Crippen LogP contribution in [-0.4, -0.2) is 20.4 Å². The highest BCUT2D eigenvalue weighted by Crippen LogP contribution is 2.25. The van der Waals surface area contributed by atoms with Gasteiger partial charge in [0.05, 0.1) is 22.9 Å². The second-order valence-electron chi connectivity index (χ2n) is 7.36. The van der Waals surface area contributed by atoms with Gasteiger partial charge in [0.25, 0.3) is 11.5 Å². The number of amides is 1. The molecule has 0 saturated heterocycles. The van der Waals surface area contributed by atoms with E-state index in [0.29, 0.717) is 16.6 Å². The summed E-state index contributed by atoms with van der Waals surface area (Å²) in [6, 6.07) is 15.3. The average Bonchev–Trinajstić information content (AvgIpc) is 3.08. The minimum absolute atomic E-state index is 0.149. The van der Waals surface area contributed by atoms with Gasteiger partial charge < -0.3 is 20.2 Å². The SMILES string of the molecule is Cc1cc(C)c(CNC(=O)c2cc(Nc3ccccc3)cc3ncn(C)c23)c(=O)[nH]1. The van der Waals surface area contributed by atoms with Gasteiger partial charge in [-0.25, -0.2) is 4.98 Å². The Labute approximate surface area is 173 Å². The predicted octanol–water partition coefficient (Wildman–Crippen LogP) is 3.55. The summed E-state index contributed by atoms with van der Waals surface area (Å²) in [4.78, 5) is 32.5. The highest BCUT2D eigenvalue weighted by atomic mass is 16.1. The lowest BCUT2D eigenvalue weighted by Crippen LogP contribution is -2.28. The van der Waals surface area contributed by atoms with Crippen LogP contribution in [-0.2, 0) is 13.6 Å². The first-order valence-electron chi connectivity index (χ1n) is 9.67. The van der Waals surface area contributed by atoms with Crippen molar-refractivity contribution in [2.75, 3.05) is 5.32 Å². The van der Waals surface area contributed by atoms with Crippen LogP contribution in [0.2, 0.25) is 0 Å². The quantitative estimate of drug-likeness (QED) is 0.477. The predicted molar refractivity (Wildman–Crippen MR) is 118 cm³/mol. The number of para-hydroxylation sites is 1. The van der Waals surface area contributed by atoms with Crippen LogP contribution in [0.3, 0.4) is 0 Å². The molecule has 1 amide bonds. The van der Waals surface area contributed by atoms with Gasteiger partial charge in [0.1, 0.15) is 0 Å². The van der Waals surface area contributed by atoms with Gasteiger partial charge in [-0.2, -0.15) is 0 Å². The molecule has 2 aromatic heterocycles. The molecule has 2 aromatic carbocycles. The van der Waals surface area contributed by atoms with Crippen LogP contribution in [0.4, 0.5) is 11.4 Å². The first-order chi connectivity index (χ1) is 14.4. The number of nitrogens with one attached hydrogen (secondary N) is 3. The molecule has 7 heteroatoms. The molecule has 0 saturated carbocycles. The Bertz CT molecular complexity index is 1290. The Morgan fingerprint density at radius 1 is 1.10 bits per heavy atom. The third-order valence-electron chi connectivity index (χ3n) is 5.04. The Morgan fingerprint density at radius 2 is 1.87 bits per heavy atom. The molecule has 152 valence electrons. The van der Waals surface area contributed by atoms with Crippen LogP contribution in [0, 0.1) is 13.8 Å². The maximum atomic E-state index is 13.1. The number of benzene rings is 2. The first-order valence-corrected chi connectivity index (χ1v) is 9.67. The standard InChI is InChI=1S/C23H23N5O2/c1-14-9-15(2)26-23(30)19(14)12-24-22(29)18-10-17(27-16-7-5-4-6-8-16)11-20-21(18)28(3)13-25-20/h4-11,13,27H,12H2,1-3H3,(H,24,29)(H,26,30). The van der Waals surface area contributed by atoms with Gasteiger partial charge in [-0.05, 0) is 49.7 Å². The molecule has 0 radical (unpaired) electrons. The van der Waals surface area contributed by atoms with Crippen molar-refractivity contribution in [2.24, 2.45) is 7.05 Å². The minimum Gasteiger partial charge on any atom is -0.355 e. The van der Waals surface area contributed by atoms with Gasteiger partial charge in [-0.3, -0.25) is 9.59 Å². The van der Waals surface area contributed by atoms with Gasteiger partial charge in [-0.1, -0.05) is 18.2 Å². The van der Waals surface area contributed by atoms with Gasteiger partial charge in [-0.15, -0.1) is 0 Å². The van der Waals surface area contributed by atoms with Gasteiger partial charge >= 0.3 is 0 Å². The van der Waals surface area contributed by atoms with Crippen molar-refractivity contribution >= 4 is 28.3 Å². The molecule has 0 bridgehead atoms. The maximum absolute atomic E-state index is 13.1. The number of rotatable bonds is 5. The number of nitrogens with zero attached hydrogens (tertiary/aromatic N) is 2. The summed E-state index contributed by atoms with van der Waals surface area (Å²) >= 11 is 0. The third kappa shape index (κ3) is 3.82. The average molecular weight is 401 g/mol. The molecule has 0 aliphatic carbocycles. The largest absolute Gasteiger partial charge is 0.355 e. The van der Waals surface area contributed by atoms with E-state index in [-0.39, 0.29) is 18.0 Å². The summed E-state index contributed by atoms with van der Waals surface area (Å²) < 4.78 is 1.82. The Balaban J connectivity index is 1.66. The van der Waals surface area contributed by atoms with Crippen molar-refractivity contribution in [2.45, 2.75) is 20.4 Å². The Hall–Kier alpha value is -3.87. The lowest BCUT2D eigenvalue weighted by atomic mass is 10.1. The zero-order valence-corrected chi connectivity index (χ0v) is 17.1. The molecule has 4 rings (SSSR count). The Morgan fingerprint density at radius 3 is 2.60 bits per heavy atom. The second-order valence-corrected chi connectivity index (χ2v) is 7.36. The number of pyridine rings is 1. The number of carbonyl (C=O) groups excluding carboxylic acids is 1. The van der Waals surface area contributed by atoms with Crippen LogP contribution in [0.5, 0.6) is 0 Å². The number of aryl methyl sites for hydroxylation is 3. The highest BCUT2D eigenvalue weighted by Gasteiger charge is 2.16. The molecule has 3 N–H and O–H groups in total. The number of hydrogen-bond acceptors (Lipinski definition) is 4. The van der Waals surface area contributed by atoms with Crippen LogP contribution in [0.1, 0.15) is 27.2 Å². The third-order valence-corrected chi connectivity index (χ3v) is 5.04. The van der Waals surface area contributed by atoms with E-state index < -0.39 is 0 Å². The van der Waals surface area contributed by atoms with E-state index in [9.17, 15) is 9.59 Å². The first kappa shape index (κ1) is 19.4. The smallest absolute Gasteiger partial charge is 0.253 e. The summed E-state index contributed by atoms with van der Waals surface area (Å²) in [6.45, 7) is 3.85. The number of anilines is 2. The van der Waals surface area contributed by atoms with Crippen molar-refractivity contribution in [3.05, 3.63) is 87.6 Å². The number of hydrogen-bond donors (Lipinski definition) is 3. The molecular formula is C23H23N5O2. The second kappa shape index (κ2) is 7.87. The van der Waals surface area contributed by atoms with Crippen LogP contribution >= 0.6 is 0 Å². The van der Waals surface area contributed by atoms with E-state index in [4.69, 9.17) is 0 Å². The number of aromatic nitrogens is 3. The minimum atomic E-state index is -0.264. The summed E-state index contributed by atoms with van der Waals surface area (Å²) in [6.07, 6.45) is 1.68. The molecule has 0 fully saturated rings. The van der Waals surface area contributed by atoms with E-state index >= 15 is 0 Å². The number of fused-ring (bicyclic) bond motifs is 1. The van der Waals surface area contributed by atoms with Crippen LogP contribution in [0.15, 0.2) is 59.7 Å². The summed E-state index contributed by atoms with van der Waals surface area (Å²) in [7, 11) is 1.85. The lowest BCUT2D eigenvalue weighted by molar-refractivity contribution is 0.0952. The monoisotopic (exact) mass is 401 g/mol. The molecule has 0 aliphatic heterocycles. The molecule has 0 atom stereocenters. The normalized spacial score (nSPS) is 10.9. The molecule has 30 heavy (non-hydrogen) atoms. The van der Waals surface area contributed by atoms with Gasteiger partial charge in [0.15, 0.2) is 0 Å². The van der Waals surface area contributed by atoms with Crippen molar-refractivity contribution in [3.8, 4) is 0 Å². The lowest BCUT2D eigenvalue weighted by Gasteiger charge is -2.12. The topological polar surface area (TPSA) is 91.8 Å². The van der Waals surface area contributed by atoms with E-state index in [1.165, 1.54) is 0 Å². The van der Waals surface area contributed by atoms with Gasteiger partial charge in [0.2, 0.25) is 0 Å². The number of H-pyrrole nitrogens is 1. The molecule has 2 heterocycles. The number of aromatic amines is 1. The zero-order valence-electron chi connectivity index (χ0n) is 17.1. The zero-order chi connectivity index (χ0) is 21.3. The summed E-state index contributed by atoms with van der Waals surface area (Å²) in [5.74, 6) is -0.264. The molecular weight excluding hydrogens is 378 g/mol. The fourth-order valence-corrected chi connectivity index (χ4v) is 3.59. The van der Waals surface area contributed by atoms with Crippen molar-refractivity contribution in [3.63, 3.8) is 0 Å². The molecule has 7 nitrogen and oxygen atoms in total. The van der Waals surface area contributed by atoms with E-state index in [0.717, 1.165) is 28.1 Å². The van der Waals surface area contributed by atoms with Gasteiger partial charge in [0, 0.05) is 36.2 Å². The van der Waals surface area contributed by atoms with Crippen molar-refractivity contribution < 1.29 is 4.79 Å². The van der Waals surface area contributed by atoms with E-state index in [1.54, 1.807) is 12.4 Å². The Kier molecular flexibility index (Phi) is 5.10. The fraction of sp³-hybridized carbons (Fsp3) is 0.174. The van der Waals surface area contributed by atoms with E-state index in [1.807, 2.05) is 67.9 Å². The molecule has 0 aliphatic rings. The van der Waals surface area contributed by atoms with Crippen molar-refractivity contribution in [1.82, 2.24) is 19.9 Å². The van der Waals surface area contributed by atoms with E-state index in [2.05, 4.69) is 20.6 Å². The maximum Gasteiger partial charge on any atom is 0.253 e. The summed E-state index contributed by atoms with van der Waals surface area (Å²) in [5.41, 5.74) is 5.64. The number of carbonyl (C=O) groups is 1. The highest BCUT2D eigenvalue weighted by molar-refractivity contribution is 6.06. The molecule has 0 unspecified atom stereocenters. The van der Waals surface area contributed by atoms with Crippen molar-refractivity contribution in [1.29, 1.82) is 0 Å². The number of imidazole rings is 1. The molecule has 0 spiro atoms. The summed E-state index contributed by atoms with van der Waals surface area (Å²) in [5, 5.41) is 6.20.